The van der Waals surface area contributed by atoms with Crippen LogP contribution in [0.5, 0.6) is 0 Å². The highest BCUT2D eigenvalue weighted by Crippen LogP contribution is 2.13. The predicted molar refractivity (Wildman–Crippen MR) is 73.1 cm³/mol. The summed E-state index contributed by atoms with van der Waals surface area (Å²) in [7, 11) is 1.62. The summed E-state index contributed by atoms with van der Waals surface area (Å²) < 4.78 is 5.14. The van der Waals surface area contributed by atoms with Gasteiger partial charge in [-0.05, 0) is 19.1 Å². The van der Waals surface area contributed by atoms with Gasteiger partial charge < -0.3 is 15.1 Å². The monoisotopic (exact) mass is 260 g/mol. The molecule has 5 heteroatoms. The molecule has 5 nitrogen and oxygen atoms in total. The Morgan fingerprint density at radius 2 is 2.11 bits per heavy atom. The number of nitrogens with zero attached hydrogens (tertiary/aromatic N) is 1. The molecule has 0 radical (unpaired) electrons. The van der Waals surface area contributed by atoms with Crippen LogP contribution < -0.4 is 11.4 Å². The van der Waals surface area contributed by atoms with Crippen molar-refractivity contribution < 1.29 is 9.21 Å². The topological polar surface area (TPSA) is 76.5 Å². The molecule has 1 unspecified atom stereocenters. The van der Waals surface area contributed by atoms with Crippen LogP contribution in [0.25, 0.3) is 11.0 Å². The Kier molecular flexibility index (Phi) is 3.66. The summed E-state index contributed by atoms with van der Waals surface area (Å²) in [6.45, 7) is 2.15. The van der Waals surface area contributed by atoms with Gasteiger partial charge in [-0.25, -0.2) is 4.79 Å². The quantitative estimate of drug-likeness (QED) is 0.842. The maximum absolute atomic E-state index is 12.2. The van der Waals surface area contributed by atoms with E-state index in [9.17, 15) is 9.59 Å². The molecular weight excluding hydrogens is 244 g/mol. The van der Waals surface area contributed by atoms with Gasteiger partial charge >= 0.3 is 5.63 Å². The van der Waals surface area contributed by atoms with E-state index in [0.29, 0.717) is 12.1 Å². The largest absolute Gasteiger partial charge is 0.422 e. The summed E-state index contributed by atoms with van der Waals surface area (Å²) in [6, 6.07) is 8.50. The fraction of sp³-hybridized carbons (Fsp3) is 0.286. The van der Waals surface area contributed by atoms with Gasteiger partial charge in [0.05, 0.1) is 0 Å². The Labute approximate surface area is 110 Å². The van der Waals surface area contributed by atoms with Gasteiger partial charge in [-0.3, -0.25) is 4.79 Å². The third kappa shape index (κ3) is 2.51. The molecule has 19 heavy (non-hydrogen) atoms. The molecule has 0 aliphatic heterocycles. The lowest BCUT2D eigenvalue weighted by Gasteiger charge is -2.23. The maximum Gasteiger partial charge on any atom is 0.349 e. The van der Waals surface area contributed by atoms with Crippen LogP contribution in [0.2, 0.25) is 0 Å². The van der Waals surface area contributed by atoms with Crippen molar-refractivity contribution in [2.75, 3.05) is 13.6 Å². The van der Waals surface area contributed by atoms with Gasteiger partial charge in [0.25, 0.3) is 5.91 Å². The molecule has 0 spiro atoms. The fourth-order valence-electron chi connectivity index (χ4n) is 1.76. The van der Waals surface area contributed by atoms with Crippen molar-refractivity contribution in [3.8, 4) is 0 Å². The zero-order valence-electron chi connectivity index (χ0n) is 10.9. The minimum absolute atomic E-state index is 0.0292. The Morgan fingerprint density at radius 1 is 1.42 bits per heavy atom. The first-order valence-corrected chi connectivity index (χ1v) is 6.04. The van der Waals surface area contributed by atoms with E-state index in [1.807, 2.05) is 13.0 Å². The first kappa shape index (κ1) is 13.3. The van der Waals surface area contributed by atoms with Crippen molar-refractivity contribution in [3.05, 3.63) is 46.3 Å². The van der Waals surface area contributed by atoms with E-state index in [2.05, 4.69) is 0 Å². The second kappa shape index (κ2) is 5.24. The van der Waals surface area contributed by atoms with E-state index < -0.39 is 5.63 Å². The smallest absolute Gasteiger partial charge is 0.349 e. The van der Waals surface area contributed by atoms with Crippen molar-refractivity contribution in [1.82, 2.24) is 4.90 Å². The SMILES string of the molecule is CC(CN)N(C)C(=O)c1cc2ccccc2oc1=O. The first-order valence-electron chi connectivity index (χ1n) is 6.04. The number of hydrogen-bond acceptors (Lipinski definition) is 4. The second-order valence-electron chi connectivity index (χ2n) is 4.49. The van der Waals surface area contributed by atoms with Crippen LogP contribution in [0, 0.1) is 0 Å². The van der Waals surface area contributed by atoms with Crippen LogP contribution in [-0.2, 0) is 0 Å². The van der Waals surface area contributed by atoms with Crippen LogP contribution in [-0.4, -0.2) is 30.4 Å². The highest BCUT2D eigenvalue weighted by atomic mass is 16.4. The summed E-state index contributed by atoms with van der Waals surface area (Å²) in [4.78, 5) is 25.5. The molecule has 2 aromatic rings. The highest BCUT2D eigenvalue weighted by molar-refractivity contribution is 5.96. The number of likely N-dealkylation sites (N-methyl/N-ethyl adjacent to an activating group) is 1. The lowest BCUT2D eigenvalue weighted by Crippen LogP contribution is -2.41. The third-order valence-electron chi connectivity index (χ3n) is 3.19. The van der Waals surface area contributed by atoms with Crippen molar-refractivity contribution >= 4 is 16.9 Å². The van der Waals surface area contributed by atoms with Gasteiger partial charge in [-0.15, -0.1) is 0 Å². The van der Waals surface area contributed by atoms with Crippen molar-refractivity contribution in [2.45, 2.75) is 13.0 Å². The number of hydrogen-bond donors (Lipinski definition) is 1. The number of amides is 1. The Balaban J connectivity index is 2.48. The van der Waals surface area contributed by atoms with Gasteiger partial charge in [-0.2, -0.15) is 0 Å². The molecule has 0 aliphatic carbocycles. The van der Waals surface area contributed by atoms with Gasteiger partial charge in [0.2, 0.25) is 0 Å². The number of nitrogens with two attached hydrogens (primary N) is 1. The number of benzene rings is 1. The zero-order chi connectivity index (χ0) is 14.0. The lowest BCUT2D eigenvalue weighted by molar-refractivity contribution is 0.0744. The highest BCUT2D eigenvalue weighted by Gasteiger charge is 2.20. The Morgan fingerprint density at radius 3 is 2.79 bits per heavy atom. The Bertz CT molecular complexity index is 663. The number of fused-ring (bicyclic) bond motifs is 1. The average molecular weight is 260 g/mol. The maximum atomic E-state index is 12.2. The summed E-state index contributed by atoms with van der Waals surface area (Å²) in [5.74, 6) is -0.377. The molecule has 1 atom stereocenters. The molecule has 0 bridgehead atoms. The summed E-state index contributed by atoms with van der Waals surface area (Å²) in [6.07, 6.45) is 0. The van der Waals surface area contributed by atoms with Gasteiger partial charge in [0.1, 0.15) is 11.1 Å². The molecule has 0 saturated carbocycles. The molecule has 0 aliphatic rings. The molecule has 100 valence electrons. The normalized spacial score (nSPS) is 12.4. The van der Waals surface area contributed by atoms with E-state index in [-0.39, 0.29) is 17.5 Å². The van der Waals surface area contributed by atoms with E-state index in [1.54, 1.807) is 31.3 Å². The molecule has 1 aromatic carbocycles. The molecule has 0 saturated heterocycles. The first-order chi connectivity index (χ1) is 9.04. The molecule has 2 N–H and O–H groups in total. The second-order valence-corrected chi connectivity index (χ2v) is 4.49. The van der Waals surface area contributed by atoms with Crippen molar-refractivity contribution in [3.63, 3.8) is 0 Å². The van der Waals surface area contributed by atoms with Crippen LogP contribution in [0.3, 0.4) is 0 Å². The minimum atomic E-state index is -0.625. The van der Waals surface area contributed by atoms with Gasteiger partial charge in [0, 0.05) is 25.0 Å². The molecule has 1 aromatic heterocycles. The summed E-state index contributed by atoms with van der Waals surface area (Å²) >= 11 is 0. The number of carbonyl (C=O) groups is 1. The van der Waals surface area contributed by atoms with Crippen LogP contribution in [0.4, 0.5) is 0 Å². The van der Waals surface area contributed by atoms with E-state index in [0.717, 1.165) is 5.39 Å². The van der Waals surface area contributed by atoms with Crippen molar-refractivity contribution in [1.29, 1.82) is 0 Å². The fourth-order valence-corrected chi connectivity index (χ4v) is 1.76. The zero-order valence-corrected chi connectivity index (χ0v) is 10.9. The van der Waals surface area contributed by atoms with E-state index in [4.69, 9.17) is 10.2 Å². The molecular formula is C14H16N2O3. The van der Waals surface area contributed by atoms with Crippen LogP contribution >= 0.6 is 0 Å². The lowest BCUT2D eigenvalue weighted by atomic mass is 10.1. The summed E-state index contributed by atoms with van der Waals surface area (Å²) in [5.41, 5.74) is 5.40. The molecule has 1 heterocycles. The number of carbonyl (C=O) groups excluding carboxylic acids is 1. The number of para-hydroxylation sites is 1. The predicted octanol–water partition coefficient (Wildman–Crippen LogP) is 1.21. The van der Waals surface area contributed by atoms with E-state index >= 15 is 0 Å². The van der Waals surface area contributed by atoms with Gasteiger partial charge in [-0.1, -0.05) is 18.2 Å². The molecule has 1 amide bonds. The van der Waals surface area contributed by atoms with Gasteiger partial charge in [0.15, 0.2) is 0 Å². The van der Waals surface area contributed by atoms with Crippen molar-refractivity contribution in [2.24, 2.45) is 5.73 Å². The molecule has 2 rings (SSSR count). The standard InChI is InChI=1S/C14H16N2O3/c1-9(8-15)16(2)13(17)11-7-10-5-3-4-6-12(10)19-14(11)18/h3-7,9H,8,15H2,1-2H3. The van der Waals surface area contributed by atoms with Crippen LogP contribution in [0.1, 0.15) is 17.3 Å². The number of rotatable bonds is 3. The Hall–Kier alpha value is -2.14. The summed E-state index contributed by atoms with van der Waals surface area (Å²) in [5, 5.41) is 0.722. The van der Waals surface area contributed by atoms with Crippen LogP contribution in [0.15, 0.2) is 39.5 Å². The van der Waals surface area contributed by atoms with E-state index in [1.165, 1.54) is 4.90 Å². The minimum Gasteiger partial charge on any atom is -0.422 e. The molecule has 0 fully saturated rings. The average Bonchev–Trinajstić information content (AvgIpc) is 2.44. The third-order valence-corrected chi connectivity index (χ3v) is 3.19.